The largest absolute Gasteiger partial charge is 0.329 e. The highest BCUT2D eigenvalue weighted by molar-refractivity contribution is 5.88. The van der Waals surface area contributed by atoms with Crippen LogP contribution in [0, 0.1) is 58.4 Å². The van der Waals surface area contributed by atoms with Gasteiger partial charge in [-0.3, -0.25) is 0 Å². The Morgan fingerprint density at radius 3 is 1.07 bits per heavy atom. The summed E-state index contributed by atoms with van der Waals surface area (Å²) in [5, 5.41) is -2.31. The lowest BCUT2D eigenvalue weighted by Crippen LogP contribution is -2.01. The molecule has 0 radical (unpaired) electrons. The second kappa shape index (κ2) is 6.16. The predicted octanol–water partition coefficient (Wildman–Crippen LogP) is 5.63. The van der Waals surface area contributed by atoms with Gasteiger partial charge in [-0.1, -0.05) is 0 Å². The second-order valence-electron chi connectivity index (χ2n) is 6.02. The molecule has 0 saturated heterocycles. The maximum absolute atomic E-state index is 14.2. The van der Waals surface area contributed by atoms with Crippen molar-refractivity contribution in [2.24, 2.45) is 0 Å². The van der Waals surface area contributed by atoms with Crippen LogP contribution >= 0.6 is 0 Å². The number of aromatic nitrogens is 2. The molecule has 2 heterocycles. The van der Waals surface area contributed by atoms with E-state index in [4.69, 9.17) is 0 Å². The first kappa shape index (κ1) is 19.2. The summed E-state index contributed by atoms with van der Waals surface area (Å²) in [6.07, 6.45) is -1.18. The van der Waals surface area contributed by atoms with E-state index in [1.807, 2.05) is 0 Å². The quantitative estimate of drug-likeness (QED) is 0.237. The Morgan fingerprint density at radius 1 is 0.414 bits per heavy atom. The fourth-order valence-electron chi connectivity index (χ4n) is 3.16. The van der Waals surface area contributed by atoms with Gasteiger partial charge in [-0.2, -0.15) is 8.78 Å². The van der Waals surface area contributed by atoms with E-state index >= 15 is 0 Å². The standard InChI is InChI=1S/C17H4F10N2/c18-6-4-2(16(26)28-14(4)12(24)10(22)8(6)20)1-3-5-7(19)9(21)11(23)13(25)15(5)29-17(3)27/h28-29H,1H2. The number of halogens is 10. The molecule has 0 atom stereocenters. The predicted molar refractivity (Wildman–Crippen MR) is 79.0 cm³/mol. The van der Waals surface area contributed by atoms with E-state index in [0.717, 1.165) is 0 Å². The Balaban J connectivity index is 2.04. The topological polar surface area (TPSA) is 31.6 Å². The minimum Gasteiger partial charge on any atom is -0.329 e. The molecule has 12 heteroatoms. The zero-order valence-electron chi connectivity index (χ0n) is 13.5. The normalized spacial score (nSPS) is 11.9. The number of hydrogen-bond acceptors (Lipinski definition) is 0. The summed E-state index contributed by atoms with van der Waals surface area (Å²) in [4.78, 5) is 3.22. The third-order valence-corrected chi connectivity index (χ3v) is 4.49. The van der Waals surface area contributed by atoms with E-state index in [1.54, 1.807) is 9.97 Å². The van der Waals surface area contributed by atoms with Crippen LogP contribution < -0.4 is 0 Å². The van der Waals surface area contributed by atoms with E-state index < -0.39 is 97.8 Å². The summed E-state index contributed by atoms with van der Waals surface area (Å²) in [6, 6.07) is 0. The zero-order valence-corrected chi connectivity index (χ0v) is 13.5. The molecule has 0 aliphatic rings. The minimum atomic E-state index is -2.29. The van der Waals surface area contributed by atoms with Crippen molar-refractivity contribution in [3.63, 3.8) is 0 Å². The molecular weight excluding hydrogens is 422 g/mol. The number of aromatic amines is 2. The van der Waals surface area contributed by atoms with Gasteiger partial charge >= 0.3 is 0 Å². The summed E-state index contributed by atoms with van der Waals surface area (Å²) in [6.45, 7) is 0. The van der Waals surface area contributed by atoms with Gasteiger partial charge < -0.3 is 9.97 Å². The van der Waals surface area contributed by atoms with Crippen LogP contribution in [0.1, 0.15) is 11.1 Å². The van der Waals surface area contributed by atoms with Crippen LogP contribution in [0.15, 0.2) is 0 Å². The summed E-state index contributed by atoms with van der Waals surface area (Å²) >= 11 is 0. The molecule has 0 fully saturated rings. The van der Waals surface area contributed by atoms with Crippen molar-refractivity contribution < 1.29 is 43.9 Å². The van der Waals surface area contributed by atoms with Crippen LogP contribution in [0.3, 0.4) is 0 Å². The van der Waals surface area contributed by atoms with Gasteiger partial charge in [0, 0.05) is 28.3 Å². The van der Waals surface area contributed by atoms with Gasteiger partial charge in [0.25, 0.3) is 0 Å². The molecule has 2 aromatic heterocycles. The van der Waals surface area contributed by atoms with Crippen LogP contribution in [-0.2, 0) is 6.42 Å². The fourth-order valence-corrected chi connectivity index (χ4v) is 3.16. The number of fused-ring (bicyclic) bond motifs is 2. The molecule has 2 aromatic carbocycles. The highest BCUT2D eigenvalue weighted by Gasteiger charge is 2.30. The Labute approximate surface area is 152 Å². The van der Waals surface area contributed by atoms with E-state index in [-0.39, 0.29) is 0 Å². The van der Waals surface area contributed by atoms with Crippen molar-refractivity contribution in [3.8, 4) is 0 Å². The van der Waals surface area contributed by atoms with Crippen LogP contribution in [-0.4, -0.2) is 9.97 Å². The number of nitrogens with one attached hydrogen (secondary N) is 2. The molecule has 152 valence electrons. The first-order chi connectivity index (χ1) is 13.6. The van der Waals surface area contributed by atoms with Gasteiger partial charge in [0.2, 0.25) is 0 Å². The highest BCUT2D eigenvalue weighted by atomic mass is 19.2. The van der Waals surface area contributed by atoms with Crippen molar-refractivity contribution in [3.05, 3.63) is 69.6 Å². The van der Waals surface area contributed by atoms with Gasteiger partial charge in [-0.05, 0) is 0 Å². The van der Waals surface area contributed by atoms with Crippen molar-refractivity contribution >= 4 is 21.8 Å². The van der Waals surface area contributed by atoms with Crippen molar-refractivity contribution in [2.45, 2.75) is 6.42 Å². The van der Waals surface area contributed by atoms with Crippen LogP contribution in [0.2, 0.25) is 0 Å². The van der Waals surface area contributed by atoms with Gasteiger partial charge in [0.15, 0.2) is 58.4 Å². The molecule has 4 rings (SSSR count). The van der Waals surface area contributed by atoms with Crippen molar-refractivity contribution in [2.75, 3.05) is 0 Å². The first-order valence-corrected chi connectivity index (χ1v) is 7.60. The van der Waals surface area contributed by atoms with Gasteiger partial charge in [-0.25, -0.2) is 35.1 Å². The molecule has 0 bridgehead atoms. The van der Waals surface area contributed by atoms with Crippen LogP contribution in [0.25, 0.3) is 21.8 Å². The monoisotopic (exact) mass is 426 g/mol. The van der Waals surface area contributed by atoms with Crippen LogP contribution in [0.4, 0.5) is 43.9 Å². The molecule has 2 N–H and O–H groups in total. The zero-order chi connectivity index (χ0) is 21.4. The number of rotatable bonds is 2. The second-order valence-corrected chi connectivity index (χ2v) is 6.02. The molecule has 0 saturated carbocycles. The Morgan fingerprint density at radius 2 is 0.724 bits per heavy atom. The lowest BCUT2D eigenvalue weighted by molar-refractivity contribution is 0.417. The number of benzene rings is 2. The molecule has 4 aromatic rings. The van der Waals surface area contributed by atoms with E-state index in [1.165, 1.54) is 0 Å². The summed E-state index contributed by atoms with van der Waals surface area (Å²) < 4.78 is 138. The highest BCUT2D eigenvalue weighted by Crippen LogP contribution is 2.36. The van der Waals surface area contributed by atoms with Gasteiger partial charge in [0.05, 0.1) is 11.0 Å². The summed E-state index contributed by atoms with van der Waals surface area (Å²) in [5.74, 6) is -20.2. The SMILES string of the molecule is Fc1[nH]c2c(F)c(F)c(F)c(F)c2c1Cc1c(F)[nH]c2c(F)c(F)c(F)c(F)c12. The van der Waals surface area contributed by atoms with E-state index in [2.05, 4.69) is 0 Å². The minimum absolute atomic E-state index is 0.986. The molecule has 0 spiro atoms. The molecular formula is C17H4F10N2. The Kier molecular flexibility index (Phi) is 4.07. The molecule has 0 aliphatic carbocycles. The molecule has 2 nitrogen and oxygen atoms in total. The average Bonchev–Trinajstić information content (AvgIpc) is 3.19. The van der Waals surface area contributed by atoms with Gasteiger partial charge in [0.1, 0.15) is 0 Å². The summed E-state index contributed by atoms with van der Waals surface area (Å²) in [7, 11) is 0. The Bertz CT molecular complexity index is 1230. The molecule has 0 unspecified atom stereocenters. The third-order valence-electron chi connectivity index (χ3n) is 4.49. The van der Waals surface area contributed by atoms with Gasteiger partial charge in [-0.15, -0.1) is 0 Å². The van der Waals surface area contributed by atoms with E-state index in [9.17, 15) is 43.9 Å². The maximum Gasteiger partial charge on any atom is 0.199 e. The van der Waals surface area contributed by atoms with Crippen molar-refractivity contribution in [1.82, 2.24) is 9.97 Å². The molecule has 0 aliphatic heterocycles. The average molecular weight is 426 g/mol. The van der Waals surface area contributed by atoms with E-state index in [0.29, 0.717) is 0 Å². The first-order valence-electron chi connectivity index (χ1n) is 7.60. The van der Waals surface area contributed by atoms with Crippen LogP contribution in [0.5, 0.6) is 0 Å². The lowest BCUT2D eigenvalue weighted by atomic mass is 10.0. The smallest absolute Gasteiger partial charge is 0.199 e. The molecule has 0 amide bonds. The number of hydrogen-bond donors (Lipinski definition) is 2. The Hall–Kier alpha value is -3.18. The maximum atomic E-state index is 14.2. The lowest BCUT2D eigenvalue weighted by Gasteiger charge is -2.05. The third kappa shape index (κ3) is 2.44. The number of H-pyrrole nitrogens is 2. The van der Waals surface area contributed by atoms with Crippen molar-refractivity contribution in [1.29, 1.82) is 0 Å². The summed E-state index contributed by atoms with van der Waals surface area (Å²) in [5.41, 5.74) is -4.25. The molecule has 29 heavy (non-hydrogen) atoms. The fraction of sp³-hybridized carbons (Fsp3) is 0.0588.